The predicted molar refractivity (Wildman–Crippen MR) is 143 cm³/mol. The molecule has 0 saturated carbocycles. The van der Waals surface area contributed by atoms with Gasteiger partial charge in [0.2, 0.25) is 5.91 Å². The van der Waals surface area contributed by atoms with E-state index in [1.165, 1.54) is 21.9 Å². The minimum absolute atomic E-state index is 0.0382. The van der Waals surface area contributed by atoms with E-state index < -0.39 is 54.2 Å². The number of carbonyl (C=O) groups excluding carboxylic acids is 3. The number of nitrogens with zero attached hydrogens (tertiary/aromatic N) is 2. The van der Waals surface area contributed by atoms with Crippen molar-refractivity contribution >= 4 is 35.1 Å². The van der Waals surface area contributed by atoms with Gasteiger partial charge in [0.15, 0.2) is 6.61 Å². The number of rotatable bonds is 7. The van der Waals surface area contributed by atoms with E-state index in [-0.39, 0.29) is 29.5 Å². The normalized spacial score (nSPS) is 18.5. The Labute approximate surface area is 235 Å². The van der Waals surface area contributed by atoms with Crippen molar-refractivity contribution in [1.82, 2.24) is 4.90 Å². The molecule has 3 atom stereocenters. The number of hydrogen-bond donors (Lipinski definition) is 2. The molecule has 9 nitrogen and oxygen atoms in total. The summed E-state index contributed by atoms with van der Waals surface area (Å²) < 4.78 is 48.5. The summed E-state index contributed by atoms with van der Waals surface area (Å²) >= 11 is 6.38. The fraction of sp³-hybridized carbons (Fsp3) is 0.444. The Morgan fingerprint density at radius 1 is 1.10 bits per heavy atom. The van der Waals surface area contributed by atoms with Crippen LogP contribution in [-0.2, 0) is 16.1 Å². The molecule has 0 aromatic heterocycles. The van der Waals surface area contributed by atoms with E-state index in [1.807, 2.05) is 0 Å². The van der Waals surface area contributed by atoms with Crippen LogP contribution in [0.3, 0.4) is 0 Å². The van der Waals surface area contributed by atoms with Crippen LogP contribution in [0.5, 0.6) is 5.75 Å². The third-order valence-electron chi connectivity index (χ3n) is 6.42. The number of nitrogens with two attached hydrogens (primary N) is 2. The van der Waals surface area contributed by atoms with E-state index in [2.05, 4.69) is 0 Å². The van der Waals surface area contributed by atoms with E-state index >= 15 is 0 Å². The Hall–Kier alpha value is -3.51. The lowest BCUT2D eigenvalue weighted by molar-refractivity contribution is -0.153. The number of hydrogen-bond acceptors (Lipinski definition) is 5. The SMILES string of the molecule is CC1[C@@H]([C@@H](COC(C)(C)C)C(N)=O)N(C(=O)c2ccc(OCC(F)(F)F)cc2Cl)c2ccccc2CN1C(N)=O. The van der Waals surface area contributed by atoms with Gasteiger partial charge in [0.25, 0.3) is 5.91 Å². The molecule has 3 rings (SSSR count). The molecular weight excluding hydrogens is 553 g/mol. The summed E-state index contributed by atoms with van der Waals surface area (Å²) in [6.45, 7) is 5.34. The summed E-state index contributed by atoms with van der Waals surface area (Å²) in [6.07, 6.45) is -4.56. The number of urea groups is 1. The molecule has 0 bridgehead atoms. The molecule has 0 spiro atoms. The van der Waals surface area contributed by atoms with E-state index in [0.29, 0.717) is 11.3 Å². The summed E-state index contributed by atoms with van der Waals surface area (Å²) in [6, 6.07) is 7.65. The maximum Gasteiger partial charge on any atom is 0.422 e. The van der Waals surface area contributed by atoms with Crippen molar-refractivity contribution in [3.63, 3.8) is 0 Å². The lowest BCUT2D eigenvalue weighted by atomic mass is 9.90. The lowest BCUT2D eigenvalue weighted by Gasteiger charge is -2.41. The first-order valence-electron chi connectivity index (χ1n) is 12.4. The second kappa shape index (κ2) is 11.9. The van der Waals surface area contributed by atoms with Gasteiger partial charge in [0.1, 0.15) is 5.75 Å². The number of anilines is 1. The molecule has 1 aliphatic rings. The molecule has 2 aromatic carbocycles. The van der Waals surface area contributed by atoms with Gasteiger partial charge in [-0.2, -0.15) is 13.2 Å². The molecule has 1 unspecified atom stereocenters. The molecule has 1 heterocycles. The van der Waals surface area contributed by atoms with Gasteiger partial charge in [0.05, 0.1) is 40.8 Å². The van der Waals surface area contributed by atoms with Crippen LogP contribution in [0.4, 0.5) is 23.7 Å². The van der Waals surface area contributed by atoms with Crippen LogP contribution >= 0.6 is 11.6 Å². The average molecular weight is 585 g/mol. The van der Waals surface area contributed by atoms with Crippen LogP contribution in [0.25, 0.3) is 0 Å². The standard InChI is InChI=1S/C27H32ClF3N4O5/c1-15-22(19(23(32)36)13-40-26(2,3)4)35(21-8-6-5-7-16(21)12-34(15)25(33)38)24(37)18-10-9-17(11-20(18)28)39-14-27(29,30)31/h5-11,15,19,22H,12-14H2,1-4H3,(H2,32,36)(H2,33,38)/t15?,19-,22+/m1/s1. The van der Waals surface area contributed by atoms with Crippen molar-refractivity contribution in [3.8, 4) is 5.75 Å². The number of halogens is 4. The number of fused-ring (bicyclic) bond motifs is 1. The van der Waals surface area contributed by atoms with Crippen molar-refractivity contribution in [2.45, 2.75) is 58.1 Å². The Bertz CT molecular complexity index is 1270. The molecule has 2 aromatic rings. The minimum Gasteiger partial charge on any atom is -0.484 e. The number of carbonyl (C=O) groups is 3. The number of ether oxygens (including phenoxy) is 2. The van der Waals surface area contributed by atoms with Gasteiger partial charge >= 0.3 is 12.2 Å². The summed E-state index contributed by atoms with van der Waals surface area (Å²) in [7, 11) is 0. The number of primary amides is 2. The second-order valence-corrected chi connectivity index (χ2v) is 10.9. The van der Waals surface area contributed by atoms with E-state index in [0.717, 1.165) is 6.07 Å². The Kier molecular flexibility index (Phi) is 9.25. The van der Waals surface area contributed by atoms with Crippen LogP contribution in [-0.4, -0.2) is 59.8 Å². The second-order valence-electron chi connectivity index (χ2n) is 10.5. The highest BCUT2D eigenvalue weighted by atomic mass is 35.5. The molecule has 13 heteroatoms. The summed E-state index contributed by atoms with van der Waals surface area (Å²) in [5.74, 6) is -2.73. The van der Waals surface area contributed by atoms with Crippen LogP contribution < -0.4 is 21.1 Å². The first-order valence-corrected chi connectivity index (χ1v) is 12.8. The molecule has 0 aliphatic carbocycles. The molecule has 1 aliphatic heterocycles. The van der Waals surface area contributed by atoms with Crippen LogP contribution in [0.15, 0.2) is 42.5 Å². The molecule has 218 valence electrons. The Morgan fingerprint density at radius 2 is 1.75 bits per heavy atom. The van der Waals surface area contributed by atoms with Crippen molar-refractivity contribution < 1.29 is 37.0 Å². The summed E-state index contributed by atoms with van der Waals surface area (Å²) in [5.41, 5.74) is 11.8. The van der Waals surface area contributed by atoms with Crippen LogP contribution in [0, 0.1) is 5.92 Å². The number of alkyl halides is 3. The monoisotopic (exact) mass is 584 g/mol. The predicted octanol–water partition coefficient (Wildman–Crippen LogP) is 4.50. The van der Waals surface area contributed by atoms with Crippen molar-refractivity contribution in [2.75, 3.05) is 18.1 Å². The number of para-hydroxylation sites is 1. The molecular formula is C27H32ClF3N4O5. The molecule has 0 radical (unpaired) electrons. The summed E-state index contributed by atoms with van der Waals surface area (Å²) in [4.78, 5) is 42.3. The van der Waals surface area contributed by atoms with Crippen molar-refractivity contribution in [1.29, 1.82) is 0 Å². The smallest absolute Gasteiger partial charge is 0.422 e. The molecule has 0 fully saturated rings. The van der Waals surface area contributed by atoms with E-state index in [1.54, 1.807) is 52.0 Å². The fourth-order valence-electron chi connectivity index (χ4n) is 4.55. The van der Waals surface area contributed by atoms with E-state index in [4.69, 9.17) is 32.5 Å². The maximum absolute atomic E-state index is 14.2. The summed E-state index contributed by atoms with van der Waals surface area (Å²) in [5, 5.41) is -0.175. The zero-order chi connectivity index (χ0) is 30.0. The molecule has 4 amide bonds. The quantitative estimate of drug-likeness (QED) is 0.495. The highest BCUT2D eigenvalue weighted by Gasteiger charge is 2.45. The van der Waals surface area contributed by atoms with Gasteiger partial charge in [-0.05, 0) is 57.5 Å². The Morgan fingerprint density at radius 3 is 2.30 bits per heavy atom. The van der Waals surface area contributed by atoms with Crippen LogP contribution in [0.2, 0.25) is 5.02 Å². The van der Waals surface area contributed by atoms with Gasteiger partial charge in [-0.1, -0.05) is 29.8 Å². The highest BCUT2D eigenvalue weighted by Crippen LogP contribution is 2.37. The van der Waals surface area contributed by atoms with Gasteiger partial charge in [-0.15, -0.1) is 0 Å². The molecule has 4 N–H and O–H groups in total. The third-order valence-corrected chi connectivity index (χ3v) is 6.74. The highest BCUT2D eigenvalue weighted by molar-refractivity contribution is 6.34. The van der Waals surface area contributed by atoms with Gasteiger partial charge < -0.3 is 30.7 Å². The molecule has 0 saturated heterocycles. The zero-order valence-corrected chi connectivity index (χ0v) is 23.3. The maximum atomic E-state index is 14.2. The first-order chi connectivity index (χ1) is 18.5. The largest absolute Gasteiger partial charge is 0.484 e. The van der Waals surface area contributed by atoms with E-state index in [9.17, 15) is 27.6 Å². The zero-order valence-electron chi connectivity index (χ0n) is 22.5. The van der Waals surface area contributed by atoms with Crippen LogP contribution in [0.1, 0.15) is 43.6 Å². The molecule has 40 heavy (non-hydrogen) atoms. The van der Waals surface area contributed by atoms with Crippen molar-refractivity contribution in [3.05, 3.63) is 58.6 Å². The van der Waals surface area contributed by atoms with Gasteiger partial charge in [0, 0.05) is 12.2 Å². The third kappa shape index (κ3) is 7.36. The first kappa shape index (κ1) is 31.0. The topological polar surface area (TPSA) is 128 Å². The van der Waals surface area contributed by atoms with Gasteiger partial charge in [-0.3, -0.25) is 9.59 Å². The minimum atomic E-state index is -4.56. The van der Waals surface area contributed by atoms with Gasteiger partial charge in [-0.25, -0.2) is 4.79 Å². The Balaban J connectivity index is 2.16. The lowest BCUT2D eigenvalue weighted by Crippen LogP contribution is -2.60. The van der Waals surface area contributed by atoms with Crippen molar-refractivity contribution in [2.24, 2.45) is 17.4 Å². The number of amides is 4. The fourth-order valence-corrected chi connectivity index (χ4v) is 4.80. The average Bonchev–Trinajstić information content (AvgIpc) is 2.96. The number of benzene rings is 2.